The summed E-state index contributed by atoms with van der Waals surface area (Å²) >= 11 is 0. The van der Waals surface area contributed by atoms with E-state index in [0.29, 0.717) is 13.2 Å². The lowest BCUT2D eigenvalue weighted by Crippen LogP contribution is -2.37. The van der Waals surface area contributed by atoms with Crippen LogP contribution in [-0.2, 0) is 25.3 Å². The van der Waals surface area contributed by atoms with E-state index in [-0.39, 0.29) is 18.4 Å². The zero-order chi connectivity index (χ0) is 18.4. The number of ether oxygens (including phenoxy) is 2. The molecule has 0 amide bonds. The Bertz CT molecular complexity index is 609. The summed E-state index contributed by atoms with van der Waals surface area (Å²) in [5.41, 5.74) is 2.01. The number of carbonyl (C=O) groups is 1. The monoisotopic (exact) mass is 368 g/mol. The van der Waals surface area contributed by atoms with Crippen molar-refractivity contribution in [2.24, 2.45) is 0 Å². The number of rotatable bonds is 6. The highest BCUT2D eigenvalue weighted by atomic mass is 32.2. The van der Waals surface area contributed by atoms with Gasteiger partial charge in [0, 0.05) is 18.8 Å². The molecule has 0 unspecified atom stereocenters. The molecule has 1 aliphatic rings. The van der Waals surface area contributed by atoms with Gasteiger partial charge in [-0.1, -0.05) is 12.1 Å². The number of nitrogens with zero attached hydrogens (tertiary/aromatic N) is 1. The second kappa shape index (κ2) is 8.78. The van der Waals surface area contributed by atoms with E-state index in [2.05, 4.69) is 9.62 Å². The molecule has 1 saturated heterocycles. The Morgan fingerprint density at radius 3 is 2.64 bits per heavy atom. The molecule has 2 atom stereocenters. The molecule has 0 aliphatic carbocycles. The number of carbonyl (C=O) groups excluding carboxylic acids is 1. The number of hydrogen-bond acceptors (Lipinski definition) is 5. The van der Waals surface area contributed by atoms with Gasteiger partial charge in [0.15, 0.2) is 0 Å². The molecule has 140 valence electrons. The Morgan fingerprint density at radius 2 is 2.04 bits per heavy atom. The van der Waals surface area contributed by atoms with Gasteiger partial charge in [-0.25, -0.2) is 8.93 Å². The summed E-state index contributed by atoms with van der Waals surface area (Å²) in [5.74, 6) is -0.333. The maximum absolute atomic E-state index is 12.5. The average molecular weight is 368 g/mol. The van der Waals surface area contributed by atoms with Crippen LogP contribution in [0.3, 0.4) is 0 Å². The highest BCUT2D eigenvalue weighted by Crippen LogP contribution is 2.25. The maximum Gasteiger partial charge on any atom is 0.307 e. The number of methoxy groups -OCH3 is 1. The topological polar surface area (TPSA) is 67.9 Å². The van der Waals surface area contributed by atoms with Crippen molar-refractivity contribution in [1.29, 1.82) is 0 Å². The number of anilines is 1. The van der Waals surface area contributed by atoms with Crippen molar-refractivity contribution in [3.05, 3.63) is 29.8 Å². The van der Waals surface area contributed by atoms with Gasteiger partial charge < -0.3 is 14.4 Å². The minimum atomic E-state index is -1.29. The lowest BCUT2D eigenvalue weighted by Gasteiger charge is -2.30. The van der Waals surface area contributed by atoms with E-state index < -0.39 is 15.7 Å². The van der Waals surface area contributed by atoms with Gasteiger partial charge in [-0.15, -0.1) is 0 Å². The molecule has 1 aromatic carbocycles. The molecular weight excluding hydrogens is 340 g/mol. The van der Waals surface area contributed by atoms with E-state index in [0.717, 1.165) is 24.3 Å². The second-order valence-electron chi connectivity index (χ2n) is 7.03. The van der Waals surface area contributed by atoms with Crippen LogP contribution in [0.15, 0.2) is 24.3 Å². The van der Waals surface area contributed by atoms with Crippen LogP contribution in [0, 0.1) is 0 Å². The lowest BCUT2D eigenvalue weighted by atomic mass is 10.0. The minimum absolute atomic E-state index is 0.130. The molecule has 0 aromatic heterocycles. The van der Waals surface area contributed by atoms with Crippen LogP contribution < -0.4 is 9.62 Å². The molecule has 1 aromatic rings. The van der Waals surface area contributed by atoms with Crippen LogP contribution in [0.1, 0.15) is 38.8 Å². The normalized spacial score (nSPS) is 17.8. The van der Waals surface area contributed by atoms with Crippen molar-refractivity contribution in [2.45, 2.75) is 38.0 Å². The molecule has 25 heavy (non-hydrogen) atoms. The average Bonchev–Trinajstić information content (AvgIpc) is 2.61. The molecule has 1 aliphatic heterocycles. The van der Waals surface area contributed by atoms with Gasteiger partial charge in [0.25, 0.3) is 0 Å². The molecule has 0 saturated carbocycles. The van der Waals surface area contributed by atoms with Crippen molar-refractivity contribution in [1.82, 2.24) is 4.72 Å². The highest BCUT2D eigenvalue weighted by molar-refractivity contribution is 7.84. The predicted octanol–water partition coefficient (Wildman–Crippen LogP) is 2.18. The van der Waals surface area contributed by atoms with Crippen molar-refractivity contribution in [2.75, 3.05) is 38.3 Å². The smallest absolute Gasteiger partial charge is 0.307 e. The zero-order valence-corrected chi connectivity index (χ0v) is 16.2. The van der Waals surface area contributed by atoms with Gasteiger partial charge in [0.2, 0.25) is 0 Å². The molecule has 7 heteroatoms. The maximum atomic E-state index is 12.5. The van der Waals surface area contributed by atoms with Gasteiger partial charge in [0.1, 0.15) is 0 Å². The molecule has 2 rings (SSSR count). The van der Waals surface area contributed by atoms with Crippen molar-refractivity contribution in [3.8, 4) is 0 Å². The van der Waals surface area contributed by atoms with E-state index in [1.165, 1.54) is 7.11 Å². The Kier molecular flexibility index (Phi) is 6.98. The van der Waals surface area contributed by atoms with E-state index in [9.17, 15) is 9.00 Å². The third-order valence-corrected chi connectivity index (χ3v) is 5.66. The van der Waals surface area contributed by atoms with E-state index in [1.807, 2.05) is 45.0 Å². The number of hydrogen-bond donors (Lipinski definition) is 1. The lowest BCUT2D eigenvalue weighted by molar-refractivity contribution is -0.141. The number of benzene rings is 1. The molecule has 0 radical (unpaired) electrons. The van der Waals surface area contributed by atoms with Crippen LogP contribution in [0.2, 0.25) is 0 Å². The fourth-order valence-electron chi connectivity index (χ4n) is 2.54. The largest absolute Gasteiger partial charge is 0.469 e. The molecule has 1 N–H and O–H groups in total. The summed E-state index contributed by atoms with van der Waals surface area (Å²) in [6.07, 6.45) is 0.130. The zero-order valence-electron chi connectivity index (χ0n) is 15.4. The molecular formula is C18H28N2O4S. The Balaban J connectivity index is 2.23. The van der Waals surface area contributed by atoms with Crippen LogP contribution in [-0.4, -0.2) is 48.3 Å². The van der Waals surface area contributed by atoms with Crippen molar-refractivity contribution >= 4 is 22.6 Å². The third-order valence-electron chi connectivity index (χ3n) is 4.05. The Labute approximate surface area is 152 Å². The second-order valence-corrected chi connectivity index (χ2v) is 9.02. The first-order chi connectivity index (χ1) is 11.8. The standard InChI is InChI=1S/C18H28N2O4S/c1-18(2,3)25(22)19-16(13-17(21)23-4)14-6-5-7-15(12-14)20-8-10-24-11-9-20/h5-7,12,16,19H,8-11,13H2,1-4H3/t16-,25+/m0/s1. The molecule has 6 nitrogen and oxygen atoms in total. The molecule has 1 fully saturated rings. The first-order valence-corrected chi connectivity index (χ1v) is 9.64. The fraction of sp³-hybridized carbons (Fsp3) is 0.611. The van der Waals surface area contributed by atoms with E-state index in [1.54, 1.807) is 0 Å². The summed E-state index contributed by atoms with van der Waals surface area (Å²) in [5, 5.41) is 0. The third kappa shape index (κ3) is 5.80. The molecule has 0 bridgehead atoms. The Hall–Kier alpha value is -1.44. The summed E-state index contributed by atoms with van der Waals surface area (Å²) in [6.45, 7) is 8.80. The van der Waals surface area contributed by atoms with Gasteiger partial charge in [-0.05, 0) is 38.5 Å². The first kappa shape index (κ1) is 19.9. The predicted molar refractivity (Wildman–Crippen MR) is 99.9 cm³/mol. The minimum Gasteiger partial charge on any atom is -0.469 e. The van der Waals surface area contributed by atoms with Crippen LogP contribution in [0.5, 0.6) is 0 Å². The van der Waals surface area contributed by atoms with Gasteiger partial charge in [0.05, 0.1) is 48.5 Å². The molecule has 1 heterocycles. The fourth-order valence-corrected chi connectivity index (χ4v) is 3.37. The van der Waals surface area contributed by atoms with Gasteiger partial charge >= 0.3 is 5.97 Å². The van der Waals surface area contributed by atoms with Crippen molar-refractivity contribution in [3.63, 3.8) is 0 Å². The SMILES string of the molecule is COC(=O)C[C@H](N[S@](=O)C(C)(C)C)c1cccc(N2CCOCC2)c1. The summed E-state index contributed by atoms with van der Waals surface area (Å²) in [6, 6.07) is 7.64. The first-order valence-electron chi connectivity index (χ1n) is 8.49. The number of morpholine rings is 1. The quantitative estimate of drug-likeness (QED) is 0.780. The molecule has 0 spiro atoms. The van der Waals surface area contributed by atoms with Gasteiger partial charge in [-0.3, -0.25) is 4.79 Å². The van der Waals surface area contributed by atoms with Gasteiger partial charge in [-0.2, -0.15) is 0 Å². The van der Waals surface area contributed by atoms with E-state index in [4.69, 9.17) is 9.47 Å². The van der Waals surface area contributed by atoms with E-state index >= 15 is 0 Å². The Morgan fingerprint density at radius 1 is 1.36 bits per heavy atom. The highest BCUT2D eigenvalue weighted by Gasteiger charge is 2.26. The summed E-state index contributed by atoms with van der Waals surface area (Å²) in [4.78, 5) is 14.1. The number of esters is 1. The summed E-state index contributed by atoms with van der Waals surface area (Å²) in [7, 11) is 0.0763. The van der Waals surface area contributed by atoms with Crippen LogP contribution in [0.4, 0.5) is 5.69 Å². The van der Waals surface area contributed by atoms with Crippen LogP contribution in [0.25, 0.3) is 0 Å². The van der Waals surface area contributed by atoms with Crippen LogP contribution >= 0.6 is 0 Å². The van der Waals surface area contributed by atoms with Crippen molar-refractivity contribution < 1.29 is 18.5 Å². The summed E-state index contributed by atoms with van der Waals surface area (Å²) < 4.78 is 25.4. The number of nitrogens with one attached hydrogen (secondary N) is 1.